The molecule has 0 radical (unpaired) electrons. The predicted octanol–water partition coefficient (Wildman–Crippen LogP) is 2.05. The zero-order chi connectivity index (χ0) is 19.2. The maximum absolute atomic E-state index is 12.5. The van der Waals surface area contributed by atoms with Crippen LogP contribution in [0.15, 0.2) is 47.5 Å². The van der Waals surface area contributed by atoms with Crippen LogP contribution in [0.2, 0.25) is 0 Å². The van der Waals surface area contributed by atoms with Crippen molar-refractivity contribution >= 4 is 6.03 Å². The molecule has 0 aromatic carbocycles. The first-order valence-electron chi connectivity index (χ1n) is 9.32. The van der Waals surface area contributed by atoms with Crippen molar-refractivity contribution in [2.45, 2.75) is 25.2 Å². The van der Waals surface area contributed by atoms with E-state index in [1.54, 1.807) is 18.7 Å². The summed E-state index contributed by atoms with van der Waals surface area (Å²) in [6, 6.07) is 7.35. The Kier molecular flexibility index (Phi) is 5.51. The summed E-state index contributed by atoms with van der Waals surface area (Å²) in [4.78, 5) is 31.1. The Bertz CT molecular complexity index is 901. The van der Waals surface area contributed by atoms with Gasteiger partial charge in [-0.05, 0) is 31.0 Å². The molecule has 4 rings (SSSR count). The Hall–Kier alpha value is -3.36. The second-order valence-corrected chi connectivity index (χ2v) is 6.63. The molecule has 0 bridgehead atoms. The number of likely N-dealkylation sites (tertiary alicyclic amines) is 1. The van der Waals surface area contributed by atoms with Crippen LogP contribution < -0.4 is 5.32 Å². The maximum atomic E-state index is 12.5. The molecule has 3 aromatic heterocycles. The standard InChI is InChI=1S/C19H21N7O2/c27-19(26-11-3-4-14(12-26)15-6-9-20-13-23-15)22-10-7-17-24-18(25-28-17)16-5-1-2-8-21-16/h1-2,5-6,8-9,13-14H,3-4,7,10-12H2,(H,22,27)/t14-/m1/s1. The lowest BCUT2D eigenvalue weighted by Crippen LogP contribution is -2.45. The van der Waals surface area contributed by atoms with Crippen molar-refractivity contribution in [1.29, 1.82) is 0 Å². The third kappa shape index (κ3) is 4.30. The Morgan fingerprint density at radius 2 is 2.21 bits per heavy atom. The molecule has 4 heterocycles. The van der Waals surface area contributed by atoms with E-state index in [-0.39, 0.29) is 11.9 Å². The number of carbonyl (C=O) groups is 1. The van der Waals surface area contributed by atoms with Gasteiger partial charge in [-0.1, -0.05) is 11.2 Å². The summed E-state index contributed by atoms with van der Waals surface area (Å²) in [5.41, 5.74) is 1.64. The topological polar surface area (TPSA) is 110 Å². The van der Waals surface area contributed by atoms with Crippen LogP contribution >= 0.6 is 0 Å². The van der Waals surface area contributed by atoms with Crippen molar-refractivity contribution in [3.8, 4) is 11.5 Å². The van der Waals surface area contributed by atoms with E-state index in [1.807, 2.05) is 29.2 Å². The van der Waals surface area contributed by atoms with Gasteiger partial charge in [0.05, 0.1) is 0 Å². The van der Waals surface area contributed by atoms with Crippen LogP contribution in [0.3, 0.4) is 0 Å². The molecular weight excluding hydrogens is 358 g/mol. The minimum Gasteiger partial charge on any atom is -0.339 e. The molecule has 2 amide bonds. The van der Waals surface area contributed by atoms with E-state index in [4.69, 9.17) is 4.52 Å². The summed E-state index contributed by atoms with van der Waals surface area (Å²) in [6.45, 7) is 1.84. The molecule has 0 unspecified atom stereocenters. The van der Waals surface area contributed by atoms with E-state index in [0.717, 1.165) is 25.1 Å². The molecule has 1 aliphatic rings. The van der Waals surface area contributed by atoms with E-state index < -0.39 is 0 Å². The Morgan fingerprint density at radius 1 is 1.25 bits per heavy atom. The van der Waals surface area contributed by atoms with Crippen molar-refractivity contribution in [3.63, 3.8) is 0 Å². The normalized spacial score (nSPS) is 16.7. The Labute approximate surface area is 162 Å². The summed E-state index contributed by atoms with van der Waals surface area (Å²) >= 11 is 0. The van der Waals surface area contributed by atoms with Crippen molar-refractivity contribution in [2.24, 2.45) is 0 Å². The van der Waals surface area contributed by atoms with Gasteiger partial charge in [-0.15, -0.1) is 0 Å². The molecule has 9 nitrogen and oxygen atoms in total. The number of hydrogen-bond donors (Lipinski definition) is 1. The highest BCUT2D eigenvalue weighted by molar-refractivity contribution is 5.74. The van der Waals surface area contributed by atoms with Crippen LogP contribution in [-0.4, -0.2) is 55.7 Å². The average Bonchev–Trinajstić information content (AvgIpc) is 3.24. The van der Waals surface area contributed by atoms with Crippen LogP contribution in [0.1, 0.15) is 30.3 Å². The molecule has 1 fully saturated rings. The van der Waals surface area contributed by atoms with Crippen LogP contribution in [-0.2, 0) is 6.42 Å². The molecular formula is C19H21N7O2. The van der Waals surface area contributed by atoms with Crippen LogP contribution in [0, 0.1) is 0 Å². The van der Waals surface area contributed by atoms with Crippen LogP contribution in [0.25, 0.3) is 11.5 Å². The first kappa shape index (κ1) is 18.0. The van der Waals surface area contributed by atoms with Gasteiger partial charge in [0.15, 0.2) is 0 Å². The lowest BCUT2D eigenvalue weighted by Gasteiger charge is -2.32. The molecule has 0 saturated carbocycles. The highest BCUT2D eigenvalue weighted by Crippen LogP contribution is 2.24. The Balaban J connectivity index is 1.27. The number of carbonyl (C=O) groups excluding carboxylic acids is 1. The zero-order valence-corrected chi connectivity index (χ0v) is 15.4. The number of hydrogen-bond acceptors (Lipinski definition) is 7. The van der Waals surface area contributed by atoms with Crippen molar-refractivity contribution in [3.05, 3.63) is 54.6 Å². The monoisotopic (exact) mass is 379 g/mol. The fourth-order valence-corrected chi connectivity index (χ4v) is 3.29. The molecule has 1 saturated heterocycles. The number of aromatic nitrogens is 5. The van der Waals surface area contributed by atoms with E-state index in [9.17, 15) is 4.79 Å². The minimum atomic E-state index is -0.0804. The maximum Gasteiger partial charge on any atom is 0.317 e. The predicted molar refractivity (Wildman–Crippen MR) is 100 cm³/mol. The third-order valence-corrected chi connectivity index (χ3v) is 4.71. The van der Waals surface area contributed by atoms with Gasteiger partial charge in [0.1, 0.15) is 12.0 Å². The quantitative estimate of drug-likeness (QED) is 0.722. The molecule has 1 aliphatic heterocycles. The average molecular weight is 379 g/mol. The number of nitrogens with zero attached hydrogens (tertiary/aromatic N) is 6. The van der Waals surface area contributed by atoms with Gasteiger partial charge < -0.3 is 14.7 Å². The number of nitrogens with one attached hydrogen (secondary N) is 1. The first-order valence-corrected chi connectivity index (χ1v) is 9.32. The van der Waals surface area contributed by atoms with Crippen molar-refractivity contribution < 1.29 is 9.32 Å². The van der Waals surface area contributed by atoms with E-state index in [2.05, 4.69) is 30.4 Å². The summed E-state index contributed by atoms with van der Waals surface area (Å²) < 4.78 is 5.24. The largest absolute Gasteiger partial charge is 0.339 e. The van der Waals surface area contributed by atoms with Gasteiger partial charge in [-0.25, -0.2) is 14.8 Å². The molecule has 1 N–H and O–H groups in total. The second-order valence-electron chi connectivity index (χ2n) is 6.63. The molecule has 3 aromatic rings. The van der Waals surface area contributed by atoms with E-state index in [0.29, 0.717) is 36.9 Å². The fourth-order valence-electron chi connectivity index (χ4n) is 3.29. The van der Waals surface area contributed by atoms with Crippen molar-refractivity contribution in [2.75, 3.05) is 19.6 Å². The molecule has 28 heavy (non-hydrogen) atoms. The number of amides is 2. The lowest BCUT2D eigenvalue weighted by molar-refractivity contribution is 0.179. The summed E-state index contributed by atoms with van der Waals surface area (Å²) in [6.07, 6.45) is 7.43. The van der Waals surface area contributed by atoms with Gasteiger partial charge >= 0.3 is 6.03 Å². The number of piperidine rings is 1. The Morgan fingerprint density at radius 3 is 3.04 bits per heavy atom. The van der Waals surface area contributed by atoms with Crippen LogP contribution in [0.4, 0.5) is 4.79 Å². The summed E-state index contributed by atoms with van der Waals surface area (Å²) in [5, 5.41) is 6.87. The summed E-state index contributed by atoms with van der Waals surface area (Å²) in [5.74, 6) is 1.17. The van der Waals surface area contributed by atoms with Gasteiger partial charge in [0, 0.05) is 50.1 Å². The second kappa shape index (κ2) is 8.55. The molecule has 0 aliphatic carbocycles. The fraction of sp³-hybridized carbons (Fsp3) is 0.368. The number of rotatable bonds is 5. The number of pyridine rings is 1. The van der Waals surface area contributed by atoms with Gasteiger partial charge in [0.25, 0.3) is 0 Å². The SMILES string of the molecule is O=C(NCCc1nc(-c2ccccn2)no1)N1CCC[C@@H](c2ccncn2)C1. The van der Waals surface area contributed by atoms with Gasteiger partial charge in [0.2, 0.25) is 11.7 Å². The third-order valence-electron chi connectivity index (χ3n) is 4.71. The zero-order valence-electron chi connectivity index (χ0n) is 15.4. The van der Waals surface area contributed by atoms with E-state index >= 15 is 0 Å². The smallest absolute Gasteiger partial charge is 0.317 e. The van der Waals surface area contributed by atoms with Gasteiger partial charge in [-0.3, -0.25) is 4.98 Å². The highest BCUT2D eigenvalue weighted by atomic mass is 16.5. The minimum absolute atomic E-state index is 0.0804. The molecule has 1 atom stereocenters. The lowest BCUT2D eigenvalue weighted by atomic mass is 9.95. The first-order chi connectivity index (χ1) is 13.8. The van der Waals surface area contributed by atoms with Gasteiger partial charge in [-0.2, -0.15) is 4.98 Å². The molecule has 9 heteroatoms. The van der Waals surface area contributed by atoms with Crippen molar-refractivity contribution in [1.82, 2.24) is 35.3 Å². The highest BCUT2D eigenvalue weighted by Gasteiger charge is 2.25. The molecule has 0 spiro atoms. The van der Waals surface area contributed by atoms with E-state index in [1.165, 1.54) is 0 Å². The van der Waals surface area contributed by atoms with Crippen LogP contribution in [0.5, 0.6) is 0 Å². The summed E-state index contributed by atoms with van der Waals surface area (Å²) in [7, 11) is 0. The number of urea groups is 1. The molecule has 144 valence electrons.